The molecular formula is C29H36N6O. The first-order valence-corrected chi connectivity index (χ1v) is 13.2. The Morgan fingerprint density at radius 2 is 1.78 bits per heavy atom. The first-order valence-electron chi connectivity index (χ1n) is 13.2. The van der Waals surface area contributed by atoms with Crippen molar-refractivity contribution in [2.75, 3.05) is 26.2 Å². The van der Waals surface area contributed by atoms with E-state index in [1.54, 1.807) is 0 Å². The normalized spacial score (nSPS) is 14.0. The summed E-state index contributed by atoms with van der Waals surface area (Å²) in [5, 5.41) is 13.1. The quantitative estimate of drug-likeness (QED) is 0.307. The van der Waals surface area contributed by atoms with Crippen molar-refractivity contribution in [2.24, 2.45) is 0 Å². The van der Waals surface area contributed by atoms with Crippen molar-refractivity contribution in [1.29, 1.82) is 0 Å². The maximum atomic E-state index is 12.6. The molecule has 0 bridgehead atoms. The molecule has 1 fully saturated rings. The molecule has 0 saturated carbocycles. The molecule has 188 valence electrons. The molecule has 0 aliphatic carbocycles. The van der Waals surface area contributed by atoms with Gasteiger partial charge >= 0.3 is 0 Å². The van der Waals surface area contributed by atoms with Gasteiger partial charge in [0.1, 0.15) is 5.69 Å². The number of unbranched alkanes of at least 4 members (excludes halogenated alkanes) is 1. The number of fused-ring (bicyclic) bond motifs is 1. The fourth-order valence-electron chi connectivity index (χ4n) is 5.14. The maximum Gasteiger partial charge on any atom is 0.251 e. The predicted octanol–water partition coefficient (Wildman–Crippen LogP) is 4.90. The second-order valence-electron chi connectivity index (χ2n) is 9.84. The molecule has 3 heterocycles. The number of hydrogen-bond donors (Lipinski definition) is 1. The van der Waals surface area contributed by atoms with E-state index in [-0.39, 0.29) is 5.91 Å². The fourth-order valence-corrected chi connectivity index (χ4v) is 5.14. The molecular weight excluding hydrogens is 448 g/mol. The average molecular weight is 485 g/mol. The Morgan fingerprint density at radius 3 is 2.67 bits per heavy atom. The van der Waals surface area contributed by atoms with Gasteiger partial charge in [0.2, 0.25) is 0 Å². The Labute approximate surface area is 213 Å². The lowest BCUT2D eigenvalue weighted by Crippen LogP contribution is -2.28. The summed E-state index contributed by atoms with van der Waals surface area (Å²) in [5.41, 5.74) is 5.00. The van der Waals surface area contributed by atoms with E-state index in [2.05, 4.69) is 62.5 Å². The molecule has 1 N–H and O–H groups in total. The van der Waals surface area contributed by atoms with Gasteiger partial charge in [-0.1, -0.05) is 35.5 Å². The molecule has 0 atom stereocenters. The van der Waals surface area contributed by atoms with E-state index in [1.165, 1.54) is 42.4 Å². The van der Waals surface area contributed by atoms with Gasteiger partial charge in [-0.25, -0.2) is 0 Å². The van der Waals surface area contributed by atoms with Crippen LogP contribution < -0.4 is 5.32 Å². The smallest absolute Gasteiger partial charge is 0.251 e. The minimum Gasteiger partial charge on any atom is -0.352 e. The molecule has 0 radical (unpaired) electrons. The van der Waals surface area contributed by atoms with Crippen LogP contribution in [0.3, 0.4) is 0 Å². The van der Waals surface area contributed by atoms with E-state index in [1.807, 2.05) is 35.1 Å². The van der Waals surface area contributed by atoms with Crippen molar-refractivity contribution < 1.29 is 4.79 Å². The number of aromatic nitrogens is 4. The second-order valence-corrected chi connectivity index (χ2v) is 9.84. The zero-order valence-electron chi connectivity index (χ0n) is 21.2. The molecule has 36 heavy (non-hydrogen) atoms. The number of para-hydroxylation sites is 1. The molecule has 4 aromatic rings. The van der Waals surface area contributed by atoms with Crippen molar-refractivity contribution >= 4 is 16.8 Å². The molecule has 1 saturated heterocycles. The zero-order valence-corrected chi connectivity index (χ0v) is 21.2. The summed E-state index contributed by atoms with van der Waals surface area (Å²) < 4.78 is 4.25. The van der Waals surface area contributed by atoms with Crippen LogP contribution in [-0.4, -0.2) is 56.5 Å². The number of carbonyl (C=O) groups excluding carboxylic acids is 1. The van der Waals surface area contributed by atoms with Gasteiger partial charge in [0.15, 0.2) is 0 Å². The number of hydrogen-bond acceptors (Lipinski definition) is 4. The summed E-state index contributed by atoms with van der Waals surface area (Å²) >= 11 is 0. The van der Waals surface area contributed by atoms with Crippen LogP contribution in [0, 0.1) is 6.92 Å². The SMILES string of the molecule is Cc1cn(CCCCn2cc(-c3cccc(C(=O)NCCCN4CCCC4)c3)nn2)c2ccccc12. The zero-order chi connectivity index (χ0) is 24.7. The van der Waals surface area contributed by atoms with Crippen LogP contribution in [0.25, 0.3) is 22.2 Å². The summed E-state index contributed by atoms with van der Waals surface area (Å²) in [6.45, 7) is 8.14. The third-order valence-corrected chi connectivity index (χ3v) is 7.12. The highest BCUT2D eigenvalue weighted by atomic mass is 16.1. The fraction of sp³-hybridized carbons (Fsp3) is 0.414. The molecule has 0 spiro atoms. The largest absolute Gasteiger partial charge is 0.352 e. The number of aryl methyl sites for hydroxylation is 3. The number of amides is 1. The monoisotopic (exact) mass is 484 g/mol. The molecule has 5 rings (SSSR count). The van der Waals surface area contributed by atoms with E-state index in [0.29, 0.717) is 12.1 Å². The first kappa shape index (κ1) is 24.3. The summed E-state index contributed by atoms with van der Waals surface area (Å²) in [4.78, 5) is 15.1. The van der Waals surface area contributed by atoms with Crippen molar-refractivity contribution in [3.63, 3.8) is 0 Å². The van der Waals surface area contributed by atoms with Gasteiger partial charge in [0, 0.05) is 47.9 Å². The number of rotatable bonds is 11. The molecule has 2 aromatic carbocycles. The highest BCUT2D eigenvalue weighted by Crippen LogP contribution is 2.21. The average Bonchev–Trinajstić information content (AvgIpc) is 3.66. The van der Waals surface area contributed by atoms with E-state index in [0.717, 1.165) is 50.2 Å². The number of nitrogens with zero attached hydrogens (tertiary/aromatic N) is 5. The number of nitrogens with one attached hydrogen (secondary N) is 1. The molecule has 1 aliphatic rings. The van der Waals surface area contributed by atoms with Crippen LogP contribution in [0.4, 0.5) is 0 Å². The van der Waals surface area contributed by atoms with Gasteiger partial charge in [-0.3, -0.25) is 9.48 Å². The van der Waals surface area contributed by atoms with Crippen LogP contribution in [0.1, 0.15) is 48.0 Å². The van der Waals surface area contributed by atoms with Crippen molar-refractivity contribution in [1.82, 2.24) is 29.8 Å². The summed E-state index contributed by atoms with van der Waals surface area (Å²) in [5.74, 6) is -0.0292. The maximum absolute atomic E-state index is 12.6. The number of carbonyl (C=O) groups is 1. The molecule has 2 aromatic heterocycles. The van der Waals surface area contributed by atoms with Crippen molar-refractivity contribution in [3.8, 4) is 11.3 Å². The van der Waals surface area contributed by atoms with Crippen LogP contribution in [0.2, 0.25) is 0 Å². The summed E-state index contributed by atoms with van der Waals surface area (Å²) in [6, 6.07) is 16.2. The van der Waals surface area contributed by atoms with Gasteiger partial charge in [-0.05, 0) is 82.4 Å². The Bertz CT molecular complexity index is 1300. The Kier molecular flexibility index (Phi) is 7.76. The van der Waals surface area contributed by atoms with Crippen LogP contribution in [0.15, 0.2) is 60.9 Å². The Morgan fingerprint density at radius 1 is 0.944 bits per heavy atom. The second kappa shape index (κ2) is 11.5. The van der Waals surface area contributed by atoms with Gasteiger partial charge in [0.05, 0.1) is 6.20 Å². The van der Waals surface area contributed by atoms with E-state index < -0.39 is 0 Å². The van der Waals surface area contributed by atoms with Crippen LogP contribution in [-0.2, 0) is 13.1 Å². The van der Waals surface area contributed by atoms with E-state index in [4.69, 9.17) is 0 Å². The lowest BCUT2D eigenvalue weighted by molar-refractivity contribution is 0.0952. The summed E-state index contributed by atoms with van der Waals surface area (Å²) in [7, 11) is 0. The standard InChI is InChI=1S/C29H36N6O/c1-23-21-34(28-13-3-2-12-26(23)28)18-6-7-19-35-22-27(31-32-35)24-10-8-11-25(20-24)29(36)30-14-9-17-33-15-4-5-16-33/h2-3,8,10-13,20-22H,4-7,9,14-19H2,1H3,(H,30,36). The lowest BCUT2D eigenvalue weighted by Gasteiger charge is -2.14. The minimum absolute atomic E-state index is 0.0292. The Balaban J connectivity index is 1.10. The highest BCUT2D eigenvalue weighted by molar-refractivity contribution is 5.95. The lowest BCUT2D eigenvalue weighted by atomic mass is 10.1. The molecule has 7 nitrogen and oxygen atoms in total. The van der Waals surface area contributed by atoms with Gasteiger partial charge in [-0.2, -0.15) is 0 Å². The summed E-state index contributed by atoms with van der Waals surface area (Å²) in [6.07, 6.45) is 9.90. The number of likely N-dealkylation sites (tertiary alicyclic amines) is 1. The van der Waals surface area contributed by atoms with E-state index >= 15 is 0 Å². The molecule has 7 heteroatoms. The van der Waals surface area contributed by atoms with Crippen molar-refractivity contribution in [3.05, 3.63) is 72.1 Å². The highest BCUT2D eigenvalue weighted by Gasteiger charge is 2.12. The molecule has 0 unspecified atom stereocenters. The molecule has 1 aliphatic heterocycles. The predicted molar refractivity (Wildman–Crippen MR) is 144 cm³/mol. The van der Waals surface area contributed by atoms with Gasteiger partial charge in [0.25, 0.3) is 5.91 Å². The third-order valence-electron chi connectivity index (χ3n) is 7.12. The number of benzene rings is 2. The van der Waals surface area contributed by atoms with Gasteiger partial charge in [-0.15, -0.1) is 5.10 Å². The van der Waals surface area contributed by atoms with Crippen LogP contribution >= 0.6 is 0 Å². The van der Waals surface area contributed by atoms with Crippen molar-refractivity contribution in [2.45, 2.75) is 52.1 Å². The Hall–Kier alpha value is -3.45. The third kappa shape index (κ3) is 5.85. The van der Waals surface area contributed by atoms with Crippen LogP contribution in [0.5, 0.6) is 0 Å². The van der Waals surface area contributed by atoms with Gasteiger partial charge < -0.3 is 14.8 Å². The topological polar surface area (TPSA) is 68.0 Å². The molecule has 1 amide bonds. The first-order chi connectivity index (χ1) is 17.7. The van der Waals surface area contributed by atoms with E-state index in [9.17, 15) is 4.79 Å². The minimum atomic E-state index is -0.0292.